The number of rotatable bonds is 2. The summed E-state index contributed by atoms with van der Waals surface area (Å²) in [6.45, 7) is 4.51. The highest BCUT2D eigenvalue weighted by molar-refractivity contribution is 5.48. The van der Waals surface area contributed by atoms with Crippen molar-refractivity contribution in [2.24, 2.45) is 5.92 Å². The number of aliphatic hydroxyl groups is 1. The first-order chi connectivity index (χ1) is 8.20. The Balaban J connectivity index is 2.20. The third-order valence-corrected chi connectivity index (χ3v) is 3.14. The first-order valence-electron chi connectivity index (χ1n) is 6.04. The maximum atomic E-state index is 13.7. The van der Waals surface area contributed by atoms with Crippen molar-refractivity contribution in [2.75, 3.05) is 31.1 Å². The van der Waals surface area contributed by atoms with Crippen molar-refractivity contribution in [1.82, 2.24) is 5.32 Å². The van der Waals surface area contributed by atoms with E-state index in [4.69, 9.17) is 0 Å². The van der Waals surface area contributed by atoms with Crippen molar-refractivity contribution in [1.29, 1.82) is 0 Å². The smallest absolute Gasteiger partial charge is 0.146 e. The van der Waals surface area contributed by atoms with E-state index in [-0.39, 0.29) is 18.5 Å². The Hall–Kier alpha value is -1.13. The zero-order valence-corrected chi connectivity index (χ0v) is 10.1. The Morgan fingerprint density at radius 3 is 2.88 bits per heavy atom. The summed E-state index contributed by atoms with van der Waals surface area (Å²) in [5, 5.41) is 12.5. The minimum absolute atomic E-state index is 0.0135. The van der Waals surface area contributed by atoms with Crippen LogP contribution < -0.4 is 10.2 Å². The monoisotopic (exact) mass is 238 g/mol. The van der Waals surface area contributed by atoms with Crippen LogP contribution in [0, 0.1) is 11.7 Å². The number of anilines is 1. The Kier molecular flexibility index (Phi) is 3.97. The molecule has 2 rings (SSSR count). The summed E-state index contributed by atoms with van der Waals surface area (Å²) in [5.41, 5.74) is 0.626. The van der Waals surface area contributed by atoms with Crippen LogP contribution in [-0.4, -0.2) is 37.4 Å². The molecule has 1 aliphatic rings. The Bertz CT molecular complexity index is 372. The van der Waals surface area contributed by atoms with Gasteiger partial charge < -0.3 is 15.3 Å². The van der Waals surface area contributed by atoms with Gasteiger partial charge in [0.05, 0.1) is 12.3 Å². The number of benzene rings is 1. The quantitative estimate of drug-likeness (QED) is 0.813. The molecule has 1 fully saturated rings. The van der Waals surface area contributed by atoms with E-state index in [1.807, 2.05) is 11.0 Å². The van der Waals surface area contributed by atoms with E-state index in [0.717, 1.165) is 13.1 Å². The van der Waals surface area contributed by atoms with Gasteiger partial charge in [0.15, 0.2) is 0 Å². The lowest BCUT2D eigenvalue weighted by Crippen LogP contribution is -2.40. The van der Waals surface area contributed by atoms with Crippen molar-refractivity contribution in [3.8, 4) is 0 Å². The van der Waals surface area contributed by atoms with Crippen LogP contribution in [0.5, 0.6) is 0 Å². The third kappa shape index (κ3) is 2.96. The van der Waals surface area contributed by atoms with Crippen molar-refractivity contribution >= 4 is 5.69 Å². The predicted octanol–water partition coefficient (Wildman–Crippen LogP) is 1.23. The highest BCUT2D eigenvalue weighted by Crippen LogP contribution is 2.21. The Labute approximate surface area is 101 Å². The van der Waals surface area contributed by atoms with E-state index < -0.39 is 0 Å². The second-order valence-electron chi connectivity index (χ2n) is 4.75. The number of para-hydroxylation sites is 1. The van der Waals surface area contributed by atoms with Crippen LogP contribution in [-0.2, 0) is 0 Å². The molecule has 2 unspecified atom stereocenters. The van der Waals surface area contributed by atoms with Crippen LogP contribution in [0.2, 0.25) is 0 Å². The molecule has 0 amide bonds. The van der Waals surface area contributed by atoms with Crippen LogP contribution in [0.1, 0.15) is 6.92 Å². The minimum atomic E-state index is -0.196. The highest BCUT2D eigenvalue weighted by atomic mass is 19.1. The van der Waals surface area contributed by atoms with Crippen molar-refractivity contribution in [2.45, 2.75) is 13.0 Å². The molecule has 0 radical (unpaired) electrons. The van der Waals surface area contributed by atoms with Gasteiger partial charge in [0, 0.05) is 19.1 Å². The average molecular weight is 238 g/mol. The molecule has 4 heteroatoms. The normalized spacial score (nSPS) is 25.7. The lowest BCUT2D eigenvalue weighted by Gasteiger charge is -2.27. The van der Waals surface area contributed by atoms with Gasteiger partial charge in [0.1, 0.15) is 5.82 Å². The number of halogens is 1. The van der Waals surface area contributed by atoms with Gasteiger partial charge >= 0.3 is 0 Å². The number of hydrogen-bond acceptors (Lipinski definition) is 3. The average Bonchev–Trinajstić information content (AvgIpc) is 2.51. The molecule has 1 heterocycles. The number of hydrogen-bond donors (Lipinski definition) is 2. The molecular weight excluding hydrogens is 219 g/mol. The van der Waals surface area contributed by atoms with E-state index >= 15 is 0 Å². The van der Waals surface area contributed by atoms with Gasteiger partial charge in [0.25, 0.3) is 0 Å². The molecule has 0 aliphatic carbocycles. The van der Waals surface area contributed by atoms with Crippen molar-refractivity contribution in [3.63, 3.8) is 0 Å². The SMILES string of the molecule is CC1CNC(CO)CN(c2ccccc2F)C1. The van der Waals surface area contributed by atoms with Crippen LogP contribution >= 0.6 is 0 Å². The van der Waals surface area contributed by atoms with Crippen molar-refractivity contribution < 1.29 is 9.50 Å². The summed E-state index contributed by atoms with van der Waals surface area (Å²) in [4.78, 5) is 2.01. The van der Waals surface area contributed by atoms with Crippen LogP contribution in [0.3, 0.4) is 0 Å². The molecule has 2 N–H and O–H groups in total. The fourth-order valence-corrected chi connectivity index (χ4v) is 2.24. The van der Waals surface area contributed by atoms with Gasteiger partial charge in [-0.3, -0.25) is 0 Å². The Morgan fingerprint density at radius 2 is 2.18 bits per heavy atom. The number of nitrogens with zero attached hydrogens (tertiary/aromatic N) is 1. The fourth-order valence-electron chi connectivity index (χ4n) is 2.24. The molecule has 0 spiro atoms. The summed E-state index contributed by atoms with van der Waals surface area (Å²) >= 11 is 0. The van der Waals surface area contributed by atoms with E-state index in [9.17, 15) is 9.50 Å². The summed E-state index contributed by atoms with van der Waals surface area (Å²) < 4.78 is 13.7. The molecule has 0 aromatic heterocycles. The third-order valence-electron chi connectivity index (χ3n) is 3.14. The molecule has 0 bridgehead atoms. The molecule has 1 aromatic rings. The second kappa shape index (κ2) is 5.47. The van der Waals surface area contributed by atoms with E-state index in [0.29, 0.717) is 18.2 Å². The highest BCUT2D eigenvalue weighted by Gasteiger charge is 2.22. The standard InChI is InChI=1S/C13H19FN2O/c1-10-6-15-11(9-17)8-16(7-10)13-5-3-2-4-12(13)14/h2-5,10-11,15,17H,6-9H2,1H3. The molecule has 94 valence electrons. The summed E-state index contributed by atoms with van der Waals surface area (Å²) in [7, 11) is 0. The van der Waals surface area contributed by atoms with Crippen LogP contribution in [0.15, 0.2) is 24.3 Å². The molecule has 0 saturated carbocycles. The lowest BCUT2D eigenvalue weighted by atomic mass is 10.1. The van der Waals surface area contributed by atoms with Gasteiger partial charge in [-0.05, 0) is 24.6 Å². The summed E-state index contributed by atoms with van der Waals surface area (Å²) in [6.07, 6.45) is 0. The summed E-state index contributed by atoms with van der Waals surface area (Å²) in [6, 6.07) is 6.82. The van der Waals surface area contributed by atoms with Crippen LogP contribution in [0.25, 0.3) is 0 Å². The summed E-state index contributed by atoms with van der Waals surface area (Å²) in [5.74, 6) is 0.240. The molecule has 1 aromatic carbocycles. The Morgan fingerprint density at radius 1 is 1.41 bits per heavy atom. The zero-order chi connectivity index (χ0) is 12.3. The zero-order valence-electron chi connectivity index (χ0n) is 10.1. The maximum Gasteiger partial charge on any atom is 0.146 e. The first-order valence-corrected chi connectivity index (χ1v) is 6.04. The van der Waals surface area contributed by atoms with Gasteiger partial charge in [-0.1, -0.05) is 19.1 Å². The van der Waals surface area contributed by atoms with Gasteiger partial charge in [-0.25, -0.2) is 4.39 Å². The fraction of sp³-hybridized carbons (Fsp3) is 0.538. The number of aliphatic hydroxyl groups excluding tert-OH is 1. The maximum absolute atomic E-state index is 13.7. The largest absolute Gasteiger partial charge is 0.395 e. The predicted molar refractivity (Wildman–Crippen MR) is 66.7 cm³/mol. The van der Waals surface area contributed by atoms with Gasteiger partial charge in [-0.15, -0.1) is 0 Å². The minimum Gasteiger partial charge on any atom is -0.395 e. The van der Waals surface area contributed by atoms with Crippen LogP contribution in [0.4, 0.5) is 10.1 Å². The molecule has 1 aliphatic heterocycles. The molecule has 1 saturated heterocycles. The van der Waals surface area contributed by atoms with E-state index in [1.165, 1.54) is 6.07 Å². The van der Waals surface area contributed by atoms with Gasteiger partial charge in [-0.2, -0.15) is 0 Å². The topological polar surface area (TPSA) is 35.5 Å². The van der Waals surface area contributed by atoms with Crippen molar-refractivity contribution in [3.05, 3.63) is 30.1 Å². The second-order valence-corrected chi connectivity index (χ2v) is 4.75. The molecule has 17 heavy (non-hydrogen) atoms. The van der Waals surface area contributed by atoms with E-state index in [2.05, 4.69) is 12.2 Å². The molecule has 3 nitrogen and oxygen atoms in total. The first kappa shape index (κ1) is 12.3. The van der Waals surface area contributed by atoms with E-state index in [1.54, 1.807) is 12.1 Å². The number of nitrogens with one attached hydrogen (secondary N) is 1. The lowest BCUT2D eigenvalue weighted by molar-refractivity contribution is 0.247. The molecular formula is C13H19FN2O. The van der Waals surface area contributed by atoms with Gasteiger partial charge in [0.2, 0.25) is 0 Å². The molecule has 2 atom stereocenters.